The van der Waals surface area contributed by atoms with E-state index in [1.54, 1.807) is 0 Å². The lowest BCUT2D eigenvalue weighted by Gasteiger charge is -2.10. The summed E-state index contributed by atoms with van der Waals surface area (Å²) in [6.07, 6.45) is 2.08. The highest BCUT2D eigenvalue weighted by molar-refractivity contribution is 7.99. The SMILES string of the molecule is [B][C@H](C)C(C)SC. The molecule has 2 radical (unpaired) electrons. The van der Waals surface area contributed by atoms with Gasteiger partial charge in [-0.1, -0.05) is 19.7 Å². The molecular formula is C5H11BS. The molecule has 2 atom stereocenters. The normalized spacial score (nSPS) is 18.7. The van der Waals surface area contributed by atoms with Crippen molar-refractivity contribution in [2.45, 2.75) is 24.9 Å². The Morgan fingerprint density at radius 3 is 1.86 bits per heavy atom. The van der Waals surface area contributed by atoms with Crippen molar-refractivity contribution in [3.05, 3.63) is 0 Å². The first-order valence-electron chi connectivity index (χ1n) is 2.47. The molecule has 0 nitrogen and oxygen atoms in total. The van der Waals surface area contributed by atoms with E-state index in [1.165, 1.54) is 0 Å². The predicted octanol–water partition coefficient (Wildman–Crippen LogP) is 1.71. The molecule has 40 valence electrons. The van der Waals surface area contributed by atoms with E-state index in [0.29, 0.717) is 11.1 Å². The Kier molecular flexibility index (Phi) is 3.62. The standard InChI is InChI=1S/C5H11BS/c1-4(6)5(2)7-3/h4-5H,1-3H3/t4-,5?/m1/s1. The summed E-state index contributed by atoms with van der Waals surface area (Å²) in [5.74, 6) is 0.329. The smallest absolute Gasteiger partial charge is 0.0710 e. The van der Waals surface area contributed by atoms with Crippen molar-refractivity contribution in [1.29, 1.82) is 0 Å². The second-order valence-corrected chi connectivity index (χ2v) is 3.01. The fraction of sp³-hybridized carbons (Fsp3) is 1.00. The Labute approximate surface area is 51.5 Å². The molecular weight excluding hydrogens is 103 g/mol. The Hall–Kier alpha value is 0.415. The van der Waals surface area contributed by atoms with E-state index in [4.69, 9.17) is 7.85 Å². The van der Waals surface area contributed by atoms with Gasteiger partial charge in [0.15, 0.2) is 0 Å². The zero-order valence-electron chi connectivity index (χ0n) is 5.14. The van der Waals surface area contributed by atoms with Crippen LogP contribution >= 0.6 is 11.8 Å². The first-order chi connectivity index (χ1) is 3.18. The van der Waals surface area contributed by atoms with Crippen LogP contribution in [-0.2, 0) is 0 Å². The number of hydrogen-bond donors (Lipinski definition) is 0. The molecule has 0 saturated carbocycles. The lowest BCUT2D eigenvalue weighted by molar-refractivity contribution is 0.903. The van der Waals surface area contributed by atoms with Gasteiger partial charge in [-0.25, -0.2) is 0 Å². The molecule has 0 bridgehead atoms. The quantitative estimate of drug-likeness (QED) is 0.492. The maximum Gasteiger partial charge on any atom is 0.0710 e. The van der Waals surface area contributed by atoms with Gasteiger partial charge in [-0.2, -0.15) is 11.8 Å². The first-order valence-corrected chi connectivity index (χ1v) is 3.75. The third kappa shape index (κ3) is 3.04. The highest BCUT2D eigenvalue weighted by Gasteiger charge is 2.01. The Morgan fingerprint density at radius 1 is 1.43 bits per heavy atom. The van der Waals surface area contributed by atoms with Crippen molar-refractivity contribution < 1.29 is 0 Å². The van der Waals surface area contributed by atoms with Crippen LogP contribution in [0.3, 0.4) is 0 Å². The van der Waals surface area contributed by atoms with Crippen molar-refractivity contribution in [2.24, 2.45) is 0 Å². The molecule has 0 fully saturated rings. The van der Waals surface area contributed by atoms with Crippen molar-refractivity contribution in [3.63, 3.8) is 0 Å². The summed E-state index contributed by atoms with van der Waals surface area (Å²) in [5.41, 5.74) is 0. The summed E-state index contributed by atoms with van der Waals surface area (Å²) in [6.45, 7) is 4.16. The minimum Gasteiger partial charge on any atom is -0.163 e. The third-order valence-corrected chi connectivity index (χ3v) is 2.29. The van der Waals surface area contributed by atoms with Gasteiger partial charge in [-0.05, 0) is 11.5 Å². The van der Waals surface area contributed by atoms with Gasteiger partial charge >= 0.3 is 0 Å². The Balaban J connectivity index is 3.14. The average molecular weight is 114 g/mol. The van der Waals surface area contributed by atoms with Crippen LogP contribution in [0, 0.1) is 0 Å². The van der Waals surface area contributed by atoms with Crippen LogP contribution < -0.4 is 0 Å². The number of rotatable bonds is 2. The molecule has 2 heteroatoms. The molecule has 0 aliphatic rings. The molecule has 0 heterocycles. The van der Waals surface area contributed by atoms with Gasteiger partial charge in [-0.15, -0.1) is 0 Å². The van der Waals surface area contributed by atoms with Crippen LogP contribution in [0.15, 0.2) is 0 Å². The van der Waals surface area contributed by atoms with Crippen LogP contribution in [0.25, 0.3) is 0 Å². The third-order valence-electron chi connectivity index (χ3n) is 1.11. The molecule has 0 aromatic carbocycles. The average Bonchev–Trinajstić information content (AvgIpc) is 1.65. The van der Waals surface area contributed by atoms with Crippen LogP contribution in [-0.4, -0.2) is 19.4 Å². The lowest BCUT2D eigenvalue weighted by Crippen LogP contribution is -2.01. The molecule has 7 heavy (non-hydrogen) atoms. The highest BCUT2D eigenvalue weighted by Crippen LogP contribution is 2.16. The summed E-state index contributed by atoms with van der Waals surface area (Å²) in [6, 6.07) is 0. The van der Waals surface area contributed by atoms with Crippen LogP contribution in [0.1, 0.15) is 13.8 Å². The maximum absolute atomic E-state index is 5.53. The van der Waals surface area contributed by atoms with Crippen molar-refractivity contribution in [3.8, 4) is 0 Å². The summed E-state index contributed by atoms with van der Waals surface area (Å²) in [4.78, 5) is 0. The van der Waals surface area contributed by atoms with Crippen molar-refractivity contribution in [2.75, 3.05) is 6.26 Å². The zero-order chi connectivity index (χ0) is 5.86. The monoisotopic (exact) mass is 114 g/mol. The van der Waals surface area contributed by atoms with Crippen LogP contribution in [0.4, 0.5) is 0 Å². The fourth-order valence-corrected chi connectivity index (χ4v) is 0.644. The van der Waals surface area contributed by atoms with Gasteiger partial charge in [0.2, 0.25) is 0 Å². The Bertz CT molecular complexity index is 45.3. The summed E-state index contributed by atoms with van der Waals surface area (Å²) >= 11 is 1.81. The van der Waals surface area contributed by atoms with Gasteiger partial charge in [-0.3, -0.25) is 0 Å². The summed E-state index contributed by atoms with van der Waals surface area (Å²) in [5, 5.41) is 0.597. The van der Waals surface area contributed by atoms with Gasteiger partial charge in [0.05, 0.1) is 7.85 Å². The second-order valence-electron chi connectivity index (χ2n) is 1.80. The molecule has 0 N–H and O–H groups in total. The van der Waals surface area contributed by atoms with Gasteiger partial charge in [0.25, 0.3) is 0 Å². The number of thioether (sulfide) groups is 1. The fourth-order valence-electron chi connectivity index (χ4n) is 0.215. The molecule has 0 rings (SSSR count). The van der Waals surface area contributed by atoms with E-state index in [0.717, 1.165) is 0 Å². The molecule has 0 spiro atoms. The van der Waals surface area contributed by atoms with E-state index in [-0.39, 0.29) is 0 Å². The largest absolute Gasteiger partial charge is 0.163 e. The lowest BCUT2D eigenvalue weighted by atomic mass is 9.87. The molecule has 0 aliphatic heterocycles. The molecule has 0 aromatic rings. The number of hydrogen-bond acceptors (Lipinski definition) is 1. The van der Waals surface area contributed by atoms with E-state index in [9.17, 15) is 0 Å². The molecule has 0 saturated heterocycles. The van der Waals surface area contributed by atoms with E-state index >= 15 is 0 Å². The minimum absolute atomic E-state index is 0.329. The maximum atomic E-state index is 5.53. The van der Waals surface area contributed by atoms with E-state index in [2.05, 4.69) is 13.2 Å². The molecule has 0 amide bonds. The van der Waals surface area contributed by atoms with Crippen molar-refractivity contribution >= 4 is 19.6 Å². The van der Waals surface area contributed by atoms with E-state index < -0.39 is 0 Å². The van der Waals surface area contributed by atoms with Crippen LogP contribution in [0.5, 0.6) is 0 Å². The van der Waals surface area contributed by atoms with Gasteiger partial charge in [0.1, 0.15) is 0 Å². The first kappa shape index (κ1) is 7.41. The van der Waals surface area contributed by atoms with Crippen molar-refractivity contribution in [1.82, 2.24) is 0 Å². The van der Waals surface area contributed by atoms with E-state index in [1.807, 2.05) is 18.7 Å². The van der Waals surface area contributed by atoms with Crippen LogP contribution in [0.2, 0.25) is 5.82 Å². The predicted molar refractivity (Wildman–Crippen MR) is 38.2 cm³/mol. The topological polar surface area (TPSA) is 0 Å². The molecule has 0 aliphatic carbocycles. The second kappa shape index (κ2) is 3.42. The summed E-state index contributed by atoms with van der Waals surface area (Å²) < 4.78 is 0. The molecule has 0 aromatic heterocycles. The zero-order valence-corrected chi connectivity index (χ0v) is 5.96. The summed E-state index contributed by atoms with van der Waals surface area (Å²) in [7, 11) is 5.53. The van der Waals surface area contributed by atoms with Gasteiger partial charge < -0.3 is 0 Å². The molecule has 1 unspecified atom stereocenters. The minimum atomic E-state index is 0.329. The highest BCUT2D eigenvalue weighted by atomic mass is 32.2. The van der Waals surface area contributed by atoms with Gasteiger partial charge in [0, 0.05) is 0 Å². The Morgan fingerprint density at radius 2 is 1.86 bits per heavy atom.